The monoisotopic (exact) mass is 350 g/mol. The van der Waals surface area contributed by atoms with E-state index in [-0.39, 0.29) is 11.7 Å². The average Bonchev–Trinajstić information content (AvgIpc) is 2.89. The smallest absolute Gasteiger partial charge is 0.283 e. The van der Waals surface area contributed by atoms with Crippen molar-refractivity contribution in [1.29, 1.82) is 0 Å². The number of nitrogens with zero attached hydrogens (tertiary/aromatic N) is 1. The van der Waals surface area contributed by atoms with Crippen molar-refractivity contribution in [1.82, 2.24) is 5.43 Å². The predicted octanol–water partition coefficient (Wildman–Crippen LogP) is 3.79. The molecule has 1 aliphatic carbocycles. The van der Waals surface area contributed by atoms with Gasteiger partial charge in [-0.2, -0.15) is 5.10 Å². The molecule has 0 atom stereocenters. The number of carbonyl (C=O) groups excluding carboxylic acids is 2. The summed E-state index contributed by atoms with van der Waals surface area (Å²) in [6.07, 6.45) is 2.44. The summed E-state index contributed by atoms with van der Waals surface area (Å²) in [5.74, 6) is 0.514. The summed E-state index contributed by atoms with van der Waals surface area (Å²) in [6.45, 7) is 0. The van der Waals surface area contributed by atoms with Gasteiger partial charge in [-0.1, -0.05) is 11.6 Å². The number of hydrogen-bond acceptors (Lipinski definition) is 5. The van der Waals surface area contributed by atoms with Gasteiger partial charge in [-0.25, -0.2) is 5.43 Å². The number of fused-ring (bicyclic) bond motifs is 1. The minimum absolute atomic E-state index is 0.163. The number of nitrogens with one attached hydrogen (secondary N) is 1. The molecule has 1 aromatic carbocycles. The third kappa shape index (κ3) is 3.38. The van der Waals surface area contributed by atoms with E-state index in [1.54, 1.807) is 13.2 Å². The van der Waals surface area contributed by atoms with Gasteiger partial charge in [0.15, 0.2) is 0 Å². The highest BCUT2D eigenvalue weighted by Gasteiger charge is 2.19. The molecule has 0 unspecified atom stereocenters. The molecule has 0 radical (unpaired) electrons. The summed E-state index contributed by atoms with van der Waals surface area (Å²) in [4.78, 5) is 24.1. The largest absolute Gasteiger partial charge is 0.497 e. The second-order valence-corrected chi connectivity index (χ2v) is 6.73. The number of ether oxygens (including phenoxy) is 1. The molecule has 7 heteroatoms. The zero-order valence-corrected chi connectivity index (χ0v) is 14.1. The highest BCUT2D eigenvalue weighted by atomic mass is 35.5. The van der Waals surface area contributed by atoms with Gasteiger partial charge >= 0.3 is 0 Å². The van der Waals surface area contributed by atoms with Gasteiger partial charge in [0.2, 0.25) is 0 Å². The molecule has 1 N–H and O–H groups in total. The van der Waals surface area contributed by atoms with Crippen LogP contribution in [0.15, 0.2) is 23.3 Å². The summed E-state index contributed by atoms with van der Waals surface area (Å²) < 4.78 is 6.05. The van der Waals surface area contributed by atoms with Gasteiger partial charge in [-0.3, -0.25) is 9.59 Å². The van der Waals surface area contributed by atoms with Crippen LogP contribution >= 0.6 is 22.9 Å². The van der Waals surface area contributed by atoms with E-state index in [2.05, 4.69) is 10.5 Å². The van der Waals surface area contributed by atoms with Gasteiger partial charge in [-0.15, -0.1) is 11.3 Å². The first-order valence-corrected chi connectivity index (χ1v) is 8.41. The van der Waals surface area contributed by atoms with Crippen LogP contribution in [-0.4, -0.2) is 24.5 Å². The van der Waals surface area contributed by atoms with E-state index in [0.29, 0.717) is 34.2 Å². The van der Waals surface area contributed by atoms with E-state index in [1.165, 1.54) is 11.3 Å². The molecule has 1 fully saturated rings. The lowest BCUT2D eigenvalue weighted by molar-refractivity contribution is -0.118. The number of hydrazone groups is 1. The zero-order valence-electron chi connectivity index (χ0n) is 12.5. The number of rotatable bonds is 3. The van der Waals surface area contributed by atoms with Crippen LogP contribution in [0, 0.1) is 0 Å². The lowest BCUT2D eigenvalue weighted by Gasteiger charge is -2.11. The Bertz CT molecular complexity index is 813. The van der Waals surface area contributed by atoms with E-state index in [1.807, 2.05) is 12.1 Å². The van der Waals surface area contributed by atoms with Crippen molar-refractivity contribution >= 4 is 50.4 Å². The van der Waals surface area contributed by atoms with Gasteiger partial charge in [0, 0.05) is 28.6 Å². The Kier molecular flexibility index (Phi) is 4.63. The average molecular weight is 351 g/mol. The minimum Gasteiger partial charge on any atom is -0.497 e. The predicted molar refractivity (Wildman–Crippen MR) is 91.8 cm³/mol. The molecule has 3 rings (SSSR count). The van der Waals surface area contributed by atoms with Crippen molar-refractivity contribution in [3.63, 3.8) is 0 Å². The van der Waals surface area contributed by atoms with Gasteiger partial charge < -0.3 is 4.74 Å². The van der Waals surface area contributed by atoms with Crippen molar-refractivity contribution in [3.05, 3.63) is 28.1 Å². The number of amides is 1. The molecular formula is C16H15ClN2O3S. The number of thiophene rings is 1. The van der Waals surface area contributed by atoms with Crippen molar-refractivity contribution in [2.45, 2.75) is 25.7 Å². The van der Waals surface area contributed by atoms with Gasteiger partial charge in [-0.05, 0) is 31.0 Å². The van der Waals surface area contributed by atoms with Crippen LogP contribution < -0.4 is 10.2 Å². The topological polar surface area (TPSA) is 67.8 Å². The molecule has 5 nitrogen and oxygen atoms in total. The molecule has 1 aromatic heterocycles. The normalized spacial score (nSPS) is 16.8. The second kappa shape index (κ2) is 6.68. The Labute approximate surface area is 142 Å². The first-order valence-electron chi connectivity index (χ1n) is 7.22. The van der Waals surface area contributed by atoms with Crippen molar-refractivity contribution in [2.75, 3.05) is 7.11 Å². The van der Waals surface area contributed by atoms with E-state index in [0.717, 1.165) is 22.9 Å². The molecule has 1 heterocycles. The van der Waals surface area contributed by atoms with E-state index in [9.17, 15) is 9.59 Å². The lowest BCUT2D eigenvalue weighted by Crippen LogP contribution is -2.22. The van der Waals surface area contributed by atoms with E-state index >= 15 is 0 Å². The molecule has 120 valence electrons. The number of benzene rings is 1. The molecule has 0 aliphatic heterocycles. The molecule has 0 bridgehead atoms. The number of ketones is 1. The van der Waals surface area contributed by atoms with Crippen LogP contribution in [0.3, 0.4) is 0 Å². The Morgan fingerprint density at radius 1 is 1.39 bits per heavy atom. The molecule has 1 amide bonds. The zero-order chi connectivity index (χ0) is 16.4. The fraction of sp³-hybridized carbons (Fsp3) is 0.312. The molecular weight excluding hydrogens is 336 g/mol. The van der Waals surface area contributed by atoms with Crippen molar-refractivity contribution in [3.8, 4) is 5.75 Å². The number of Topliss-reactive ketones (excluding diaryl/α,β-unsaturated/α-hetero) is 1. The number of halogens is 1. The first-order chi connectivity index (χ1) is 11.1. The third-order valence-corrected chi connectivity index (χ3v) is 5.34. The molecule has 1 aliphatic rings. The molecule has 0 saturated heterocycles. The second-order valence-electron chi connectivity index (χ2n) is 5.30. The van der Waals surface area contributed by atoms with Crippen LogP contribution in [0.25, 0.3) is 10.1 Å². The Morgan fingerprint density at radius 3 is 2.96 bits per heavy atom. The fourth-order valence-corrected chi connectivity index (χ4v) is 3.92. The highest BCUT2D eigenvalue weighted by molar-refractivity contribution is 7.21. The van der Waals surface area contributed by atoms with Crippen LogP contribution in [0.2, 0.25) is 5.02 Å². The maximum Gasteiger partial charge on any atom is 0.283 e. The summed E-state index contributed by atoms with van der Waals surface area (Å²) in [6, 6.07) is 5.47. The molecule has 23 heavy (non-hydrogen) atoms. The summed E-state index contributed by atoms with van der Waals surface area (Å²) >= 11 is 7.59. The number of methoxy groups -OCH3 is 1. The van der Waals surface area contributed by atoms with Crippen LogP contribution in [0.1, 0.15) is 35.4 Å². The van der Waals surface area contributed by atoms with Gasteiger partial charge in [0.25, 0.3) is 5.91 Å². The Morgan fingerprint density at radius 2 is 2.22 bits per heavy atom. The summed E-state index contributed by atoms with van der Waals surface area (Å²) in [7, 11) is 1.59. The highest BCUT2D eigenvalue weighted by Crippen LogP contribution is 2.37. The van der Waals surface area contributed by atoms with Crippen LogP contribution in [0.5, 0.6) is 5.75 Å². The Hall–Kier alpha value is -1.92. The SMILES string of the molecule is COc1ccc2c(Cl)c(C(=O)N/N=C3/CCCC(=O)C3)sc2c1. The first kappa shape index (κ1) is 16.0. The standard InChI is InChI=1S/C16H15ClN2O3S/c1-22-11-5-6-12-13(8-11)23-15(14(12)17)16(21)19-18-9-3-2-4-10(20)7-9/h5-6,8H,2-4,7H2,1H3,(H,19,21)/b18-9-. The van der Waals surface area contributed by atoms with Gasteiger partial charge in [0.05, 0.1) is 12.1 Å². The van der Waals surface area contributed by atoms with Crippen molar-refractivity contribution in [2.24, 2.45) is 5.10 Å². The maximum absolute atomic E-state index is 12.3. The minimum atomic E-state index is -0.360. The molecule has 0 spiro atoms. The van der Waals surface area contributed by atoms with Crippen LogP contribution in [0.4, 0.5) is 0 Å². The van der Waals surface area contributed by atoms with Crippen LogP contribution in [-0.2, 0) is 4.79 Å². The molecule has 2 aromatic rings. The molecule has 1 saturated carbocycles. The number of carbonyl (C=O) groups is 2. The van der Waals surface area contributed by atoms with Crippen molar-refractivity contribution < 1.29 is 14.3 Å². The lowest BCUT2D eigenvalue weighted by atomic mass is 9.97. The quantitative estimate of drug-likeness (QED) is 0.856. The van der Waals surface area contributed by atoms with E-state index in [4.69, 9.17) is 16.3 Å². The van der Waals surface area contributed by atoms with Gasteiger partial charge in [0.1, 0.15) is 16.4 Å². The van der Waals surface area contributed by atoms with E-state index < -0.39 is 0 Å². The summed E-state index contributed by atoms with van der Waals surface area (Å²) in [5, 5.41) is 5.29. The summed E-state index contributed by atoms with van der Waals surface area (Å²) in [5.41, 5.74) is 3.23. The maximum atomic E-state index is 12.3. The fourth-order valence-electron chi connectivity index (χ4n) is 2.49. The number of hydrogen-bond donors (Lipinski definition) is 1. The third-order valence-electron chi connectivity index (χ3n) is 3.68. The Balaban J connectivity index is 1.82.